The van der Waals surface area contributed by atoms with Gasteiger partial charge < -0.3 is 20.5 Å². The number of fused-ring (bicyclic) bond motifs is 1. The molecule has 3 N–H and O–H groups in total. The molecule has 0 unspecified atom stereocenters. The van der Waals surface area contributed by atoms with Crippen LogP contribution in [0.5, 0.6) is 0 Å². The van der Waals surface area contributed by atoms with Crippen LogP contribution < -0.4 is 16.0 Å². The molecule has 0 bridgehead atoms. The number of benzene rings is 1. The third-order valence-electron chi connectivity index (χ3n) is 4.40. The minimum Gasteiger partial charge on any atom is -0.356 e. The summed E-state index contributed by atoms with van der Waals surface area (Å²) in [6, 6.07) is 14.0. The highest BCUT2D eigenvalue weighted by Crippen LogP contribution is 2.15. The maximum absolute atomic E-state index is 11.9. The molecule has 0 radical (unpaired) electrons. The van der Waals surface area contributed by atoms with E-state index in [2.05, 4.69) is 67.0 Å². The third kappa shape index (κ3) is 5.33. The summed E-state index contributed by atoms with van der Waals surface area (Å²) < 4.78 is 2.27. The molecule has 0 aliphatic carbocycles. The van der Waals surface area contributed by atoms with Crippen molar-refractivity contribution in [2.75, 3.05) is 26.7 Å². The van der Waals surface area contributed by atoms with Crippen molar-refractivity contribution in [1.29, 1.82) is 0 Å². The maximum atomic E-state index is 11.9. The van der Waals surface area contributed by atoms with Crippen LogP contribution in [0, 0.1) is 0 Å². The average molecular weight is 378 g/mol. The van der Waals surface area contributed by atoms with E-state index in [1.54, 1.807) is 31.6 Å². The molecule has 0 fully saturated rings. The van der Waals surface area contributed by atoms with Crippen LogP contribution in [0.15, 0.2) is 66.0 Å². The van der Waals surface area contributed by atoms with Gasteiger partial charge in [-0.3, -0.25) is 14.8 Å². The number of para-hydroxylation sites is 1. The Labute approximate surface area is 164 Å². The summed E-state index contributed by atoms with van der Waals surface area (Å²) >= 11 is 0. The summed E-state index contributed by atoms with van der Waals surface area (Å²) in [7, 11) is 1.74. The summed E-state index contributed by atoms with van der Waals surface area (Å²) in [4.78, 5) is 20.1. The number of carbonyl (C=O) groups is 1. The molecule has 0 saturated carbocycles. The van der Waals surface area contributed by atoms with Gasteiger partial charge in [-0.2, -0.15) is 0 Å². The third-order valence-corrected chi connectivity index (χ3v) is 4.40. The van der Waals surface area contributed by atoms with Crippen molar-refractivity contribution >= 4 is 22.8 Å². The van der Waals surface area contributed by atoms with Gasteiger partial charge in [0.05, 0.1) is 5.56 Å². The van der Waals surface area contributed by atoms with Crippen LogP contribution in [0.3, 0.4) is 0 Å². The summed E-state index contributed by atoms with van der Waals surface area (Å²) in [6.07, 6.45) is 6.31. The number of aliphatic imine (C=N–C) groups is 1. The van der Waals surface area contributed by atoms with Crippen LogP contribution in [0.1, 0.15) is 16.8 Å². The molecule has 3 rings (SSSR count). The van der Waals surface area contributed by atoms with Crippen LogP contribution in [-0.4, -0.2) is 48.1 Å². The first-order chi connectivity index (χ1) is 13.8. The van der Waals surface area contributed by atoms with E-state index in [4.69, 9.17) is 0 Å². The molecule has 1 aromatic carbocycles. The SMILES string of the molecule is CN=C(NCCCn1ccc2ccccc21)NCCNC(=O)c1cccnc1. The standard InChI is InChI=1S/C21H26N6O/c1-22-21(26-13-12-24-20(28)18-7-4-10-23-16-18)25-11-5-14-27-15-9-17-6-2-3-8-19(17)27/h2-4,6-10,15-16H,5,11-14H2,1H3,(H,24,28)(H2,22,25,26). The Balaban J connectivity index is 1.33. The van der Waals surface area contributed by atoms with Crippen molar-refractivity contribution < 1.29 is 4.79 Å². The number of nitrogens with zero attached hydrogens (tertiary/aromatic N) is 3. The number of amides is 1. The van der Waals surface area contributed by atoms with Gasteiger partial charge in [-0.05, 0) is 36.1 Å². The number of rotatable bonds is 8. The van der Waals surface area contributed by atoms with Crippen molar-refractivity contribution in [2.24, 2.45) is 4.99 Å². The lowest BCUT2D eigenvalue weighted by molar-refractivity contribution is 0.0954. The van der Waals surface area contributed by atoms with Crippen molar-refractivity contribution in [1.82, 2.24) is 25.5 Å². The second-order valence-corrected chi connectivity index (χ2v) is 6.34. The van der Waals surface area contributed by atoms with Gasteiger partial charge in [0.15, 0.2) is 5.96 Å². The highest BCUT2D eigenvalue weighted by atomic mass is 16.1. The summed E-state index contributed by atoms with van der Waals surface area (Å²) in [5, 5.41) is 10.6. The molecule has 0 aliphatic heterocycles. The van der Waals surface area contributed by atoms with Crippen LogP contribution in [0.4, 0.5) is 0 Å². The Morgan fingerprint density at radius 3 is 2.68 bits per heavy atom. The number of aromatic nitrogens is 2. The first kappa shape index (κ1) is 19.4. The maximum Gasteiger partial charge on any atom is 0.252 e. The van der Waals surface area contributed by atoms with E-state index in [1.165, 1.54) is 10.9 Å². The number of hydrogen-bond acceptors (Lipinski definition) is 3. The lowest BCUT2D eigenvalue weighted by Gasteiger charge is -2.13. The molecule has 146 valence electrons. The zero-order valence-corrected chi connectivity index (χ0v) is 16.1. The van der Waals surface area contributed by atoms with Crippen molar-refractivity contribution in [3.63, 3.8) is 0 Å². The lowest BCUT2D eigenvalue weighted by atomic mass is 10.2. The fourth-order valence-corrected chi connectivity index (χ4v) is 2.97. The zero-order valence-electron chi connectivity index (χ0n) is 16.1. The second kappa shape index (κ2) is 10.1. The van der Waals surface area contributed by atoms with E-state index in [0.717, 1.165) is 25.5 Å². The van der Waals surface area contributed by atoms with Crippen LogP contribution in [-0.2, 0) is 6.54 Å². The number of carbonyl (C=O) groups excluding carboxylic acids is 1. The minimum atomic E-state index is -0.128. The number of aryl methyl sites for hydroxylation is 1. The van der Waals surface area contributed by atoms with E-state index in [0.29, 0.717) is 18.7 Å². The summed E-state index contributed by atoms with van der Waals surface area (Å²) in [6.45, 7) is 2.85. The molecule has 7 nitrogen and oxygen atoms in total. The normalized spacial score (nSPS) is 11.4. The Morgan fingerprint density at radius 1 is 1.04 bits per heavy atom. The molecule has 1 amide bonds. The minimum absolute atomic E-state index is 0.128. The lowest BCUT2D eigenvalue weighted by Crippen LogP contribution is -2.42. The smallest absolute Gasteiger partial charge is 0.252 e. The van der Waals surface area contributed by atoms with Gasteiger partial charge in [0.2, 0.25) is 0 Å². The van der Waals surface area contributed by atoms with E-state index in [-0.39, 0.29) is 5.91 Å². The zero-order chi connectivity index (χ0) is 19.6. The Morgan fingerprint density at radius 2 is 1.86 bits per heavy atom. The van der Waals surface area contributed by atoms with E-state index in [9.17, 15) is 4.79 Å². The van der Waals surface area contributed by atoms with Crippen molar-refractivity contribution in [2.45, 2.75) is 13.0 Å². The molecule has 0 saturated heterocycles. The van der Waals surface area contributed by atoms with Crippen LogP contribution in [0.25, 0.3) is 10.9 Å². The van der Waals surface area contributed by atoms with Crippen molar-refractivity contribution in [3.8, 4) is 0 Å². The molecular weight excluding hydrogens is 352 g/mol. The molecule has 0 atom stereocenters. The highest BCUT2D eigenvalue weighted by Gasteiger charge is 2.04. The molecule has 2 aromatic heterocycles. The fraction of sp³-hybridized carbons (Fsp3) is 0.286. The largest absolute Gasteiger partial charge is 0.356 e. The topological polar surface area (TPSA) is 83.3 Å². The van der Waals surface area contributed by atoms with Crippen molar-refractivity contribution in [3.05, 3.63) is 66.6 Å². The first-order valence-corrected chi connectivity index (χ1v) is 9.44. The molecule has 2 heterocycles. The Hall–Kier alpha value is -3.35. The number of guanidine groups is 1. The first-order valence-electron chi connectivity index (χ1n) is 9.44. The predicted molar refractivity (Wildman–Crippen MR) is 112 cm³/mol. The molecule has 0 spiro atoms. The molecular formula is C21H26N6O. The van der Waals surface area contributed by atoms with E-state index < -0.39 is 0 Å². The average Bonchev–Trinajstić information content (AvgIpc) is 3.16. The van der Waals surface area contributed by atoms with Gasteiger partial charge >= 0.3 is 0 Å². The van der Waals surface area contributed by atoms with Gasteiger partial charge in [0.25, 0.3) is 5.91 Å². The Kier molecular flexibility index (Phi) is 7.01. The number of pyridine rings is 1. The van der Waals surface area contributed by atoms with Gasteiger partial charge in [-0.25, -0.2) is 0 Å². The monoisotopic (exact) mass is 378 g/mol. The molecule has 7 heteroatoms. The number of nitrogens with one attached hydrogen (secondary N) is 3. The summed E-state index contributed by atoms with van der Waals surface area (Å²) in [5.41, 5.74) is 1.82. The predicted octanol–water partition coefficient (Wildman–Crippen LogP) is 2.02. The number of hydrogen-bond donors (Lipinski definition) is 3. The molecule has 28 heavy (non-hydrogen) atoms. The van der Waals surface area contributed by atoms with Gasteiger partial charge in [0, 0.05) is 57.3 Å². The Bertz CT molecular complexity index is 919. The van der Waals surface area contributed by atoms with Gasteiger partial charge in [-0.15, -0.1) is 0 Å². The van der Waals surface area contributed by atoms with Crippen LogP contribution >= 0.6 is 0 Å². The van der Waals surface area contributed by atoms with Gasteiger partial charge in [-0.1, -0.05) is 18.2 Å². The van der Waals surface area contributed by atoms with Crippen LogP contribution in [0.2, 0.25) is 0 Å². The molecule has 3 aromatic rings. The summed E-state index contributed by atoms with van der Waals surface area (Å²) in [5.74, 6) is 0.602. The van der Waals surface area contributed by atoms with Gasteiger partial charge in [0.1, 0.15) is 0 Å². The molecule has 0 aliphatic rings. The fourth-order valence-electron chi connectivity index (χ4n) is 2.97. The highest BCUT2D eigenvalue weighted by molar-refractivity contribution is 5.93. The van der Waals surface area contributed by atoms with E-state index in [1.807, 2.05) is 0 Å². The quantitative estimate of drug-likeness (QED) is 0.318. The van der Waals surface area contributed by atoms with E-state index >= 15 is 0 Å². The second-order valence-electron chi connectivity index (χ2n) is 6.34.